The summed E-state index contributed by atoms with van der Waals surface area (Å²) in [6, 6.07) is 8.67. The molecule has 0 nitrogen and oxygen atoms in total. The summed E-state index contributed by atoms with van der Waals surface area (Å²) < 4.78 is 0. The molecule has 1 atom stereocenters. The van der Waals surface area contributed by atoms with E-state index in [1.807, 2.05) is 0 Å². The van der Waals surface area contributed by atoms with Crippen molar-refractivity contribution in [2.45, 2.75) is 26.6 Å². The van der Waals surface area contributed by atoms with E-state index in [1.165, 1.54) is 11.1 Å². The molecule has 0 N–H and O–H groups in total. The molecule has 1 heteroatoms. The average molecular weight is 158 g/mol. The molecule has 1 unspecified atom stereocenters. The van der Waals surface area contributed by atoms with E-state index in [0.29, 0.717) is 5.92 Å². The summed E-state index contributed by atoms with van der Waals surface area (Å²) in [5.41, 5.74) is 2.71. The molecule has 62 valence electrons. The monoisotopic (exact) mass is 158 g/mol. The second kappa shape index (κ2) is 4.35. The van der Waals surface area contributed by atoms with Crippen molar-refractivity contribution in [3.05, 3.63) is 35.4 Å². The van der Waals surface area contributed by atoms with Crippen molar-refractivity contribution in [2.24, 2.45) is 5.92 Å². The van der Waals surface area contributed by atoms with Gasteiger partial charge in [0.2, 0.25) is 0 Å². The summed E-state index contributed by atoms with van der Waals surface area (Å²) in [6.45, 7) is 4.29. The molecule has 1 rings (SSSR count). The van der Waals surface area contributed by atoms with Gasteiger partial charge in [-0.15, -0.1) is 0 Å². The summed E-state index contributed by atoms with van der Waals surface area (Å²) in [5.74, 6) is 0.590. The topological polar surface area (TPSA) is 0 Å². The maximum atomic E-state index is 5.55. The molecule has 0 aromatic heterocycles. The third-order valence-corrected chi connectivity index (χ3v) is 2.11. The molecule has 1 aromatic rings. The van der Waals surface area contributed by atoms with Gasteiger partial charge in [-0.2, -0.15) is 0 Å². The molecule has 0 bridgehead atoms. The lowest BCUT2D eigenvalue weighted by molar-refractivity contribution is 0.646. The number of hydrogen-bond acceptors (Lipinski definition) is 0. The minimum atomic E-state index is 0.590. The Bertz CT molecular complexity index is 225. The molecule has 0 amide bonds. The molecular weight excluding hydrogens is 143 g/mol. The number of aryl methyl sites for hydroxylation is 1. The molecule has 0 saturated carbocycles. The van der Waals surface area contributed by atoms with Crippen LogP contribution in [0, 0.1) is 12.8 Å². The summed E-state index contributed by atoms with van der Waals surface area (Å²) in [5, 5.41) is 0. The van der Waals surface area contributed by atoms with E-state index in [9.17, 15) is 0 Å². The fourth-order valence-corrected chi connectivity index (χ4v) is 1.21. The van der Waals surface area contributed by atoms with E-state index in [0.717, 1.165) is 12.7 Å². The van der Waals surface area contributed by atoms with Gasteiger partial charge in [0.15, 0.2) is 0 Å². The quantitative estimate of drug-likeness (QED) is 0.593. The molecule has 0 aliphatic rings. The van der Waals surface area contributed by atoms with Gasteiger partial charge < -0.3 is 0 Å². The van der Waals surface area contributed by atoms with E-state index < -0.39 is 0 Å². The molecule has 0 aliphatic heterocycles. The van der Waals surface area contributed by atoms with Gasteiger partial charge in [0.25, 0.3) is 0 Å². The maximum Gasteiger partial charge on any atom is 0.0656 e. The van der Waals surface area contributed by atoms with Gasteiger partial charge in [-0.3, -0.25) is 0 Å². The first-order chi connectivity index (χ1) is 5.72. The number of benzene rings is 1. The standard InChI is InChI=1S/C11H15B/c1-9-3-5-11(6-4-9)7-10(2)8-12/h3-6,10H,7-8H2,1-2H3. The van der Waals surface area contributed by atoms with Crippen LogP contribution in [-0.4, -0.2) is 7.85 Å². The van der Waals surface area contributed by atoms with Crippen molar-refractivity contribution >= 4 is 7.85 Å². The van der Waals surface area contributed by atoms with E-state index in [4.69, 9.17) is 7.85 Å². The lowest BCUT2D eigenvalue weighted by atomic mass is 9.88. The van der Waals surface area contributed by atoms with Crippen LogP contribution in [0.3, 0.4) is 0 Å². The van der Waals surface area contributed by atoms with Crippen LogP contribution in [0.2, 0.25) is 6.32 Å². The Morgan fingerprint density at radius 3 is 2.33 bits per heavy atom. The fourth-order valence-electron chi connectivity index (χ4n) is 1.21. The Morgan fingerprint density at radius 1 is 1.25 bits per heavy atom. The molecule has 0 saturated heterocycles. The van der Waals surface area contributed by atoms with Crippen LogP contribution >= 0.6 is 0 Å². The maximum absolute atomic E-state index is 5.55. The van der Waals surface area contributed by atoms with Gasteiger partial charge in [0, 0.05) is 0 Å². The lowest BCUT2D eigenvalue weighted by Gasteiger charge is -2.08. The lowest BCUT2D eigenvalue weighted by Crippen LogP contribution is -1.98. The van der Waals surface area contributed by atoms with Gasteiger partial charge in [-0.1, -0.05) is 43.1 Å². The largest absolute Gasteiger partial charge is 0.0859 e. The third-order valence-electron chi connectivity index (χ3n) is 2.11. The van der Waals surface area contributed by atoms with Crippen LogP contribution in [0.25, 0.3) is 0 Å². The highest BCUT2D eigenvalue weighted by Gasteiger charge is 1.99. The highest BCUT2D eigenvalue weighted by Crippen LogP contribution is 2.11. The van der Waals surface area contributed by atoms with Crippen LogP contribution in [0.5, 0.6) is 0 Å². The molecule has 2 radical (unpaired) electrons. The van der Waals surface area contributed by atoms with Gasteiger partial charge >= 0.3 is 0 Å². The first-order valence-electron chi connectivity index (χ1n) is 4.48. The van der Waals surface area contributed by atoms with Crippen LogP contribution in [-0.2, 0) is 6.42 Å². The SMILES string of the molecule is [B]CC(C)Cc1ccc(C)cc1. The first kappa shape index (κ1) is 9.37. The van der Waals surface area contributed by atoms with Crippen molar-refractivity contribution < 1.29 is 0 Å². The second-order valence-electron chi connectivity index (χ2n) is 3.53. The van der Waals surface area contributed by atoms with Crippen LogP contribution < -0.4 is 0 Å². The zero-order chi connectivity index (χ0) is 8.97. The molecule has 0 heterocycles. The summed E-state index contributed by atoms with van der Waals surface area (Å²) in [4.78, 5) is 0. The Kier molecular flexibility index (Phi) is 3.39. The third kappa shape index (κ3) is 2.73. The Labute approximate surface area is 76.4 Å². The Balaban J connectivity index is 2.58. The minimum absolute atomic E-state index is 0.590. The van der Waals surface area contributed by atoms with Crippen LogP contribution in [0.1, 0.15) is 18.1 Å². The van der Waals surface area contributed by atoms with Crippen LogP contribution in [0.4, 0.5) is 0 Å². The number of hydrogen-bond donors (Lipinski definition) is 0. The van der Waals surface area contributed by atoms with Crippen LogP contribution in [0.15, 0.2) is 24.3 Å². The molecule has 0 aliphatic carbocycles. The zero-order valence-electron chi connectivity index (χ0n) is 7.88. The smallest absolute Gasteiger partial charge is 0.0656 e. The van der Waals surface area contributed by atoms with Gasteiger partial charge in [-0.05, 0) is 24.8 Å². The summed E-state index contributed by atoms with van der Waals surface area (Å²) in [6.07, 6.45) is 1.87. The molecule has 1 aromatic carbocycles. The van der Waals surface area contributed by atoms with E-state index in [-0.39, 0.29) is 0 Å². The Hall–Kier alpha value is -0.715. The Morgan fingerprint density at radius 2 is 1.83 bits per heavy atom. The second-order valence-corrected chi connectivity index (χ2v) is 3.53. The first-order valence-corrected chi connectivity index (χ1v) is 4.48. The van der Waals surface area contributed by atoms with Gasteiger partial charge in [0.1, 0.15) is 0 Å². The normalized spacial score (nSPS) is 12.8. The van der Waals surface area contributed by atoms with E-state index in [1.54, 1.807) is 0 Å². The zero-order valence-corrected chi connectivity index (χ0v) is 7.88. The van der Waals surface area contributed by atoms with Crippen molar-refractivity contribution in [1.82, 2.24) is 0 Å². The van der Waals surface area contributed by atoms with E-state index >= 15 is 0 Å². The molecular formula is C11H15B. The highest BCUT2D eigenvalue weighted by atomic mass is 14.0. The fraction of sp³-hybridized carbons (Fsp3) is 0.455. The van der Waals surface area contributed by atoms with Crippen molar-refractivity contribution in [3.8, 4) is 0 Å². The van der Waals surface area contributed by atoms with Crippen molar-refractivity contribution in [3.63, 3.8) is 0 Å². The predicted octanol–water partition coefficient (Wildman–Crippen LogP) is 2.76. The number of rotatable bonds is 3. The molecule has 0 spiro atoms. The van der Waals surface area contributed by atoms with Gasteiger partial charge in [0.05, 0.1) is 7.85 Å². The van der Waals surface area contributed by atoms with Crippen molar-refractivity contribution in [1.29, 1.82) is 0 Å². The summed E-state index contributed by atoms with van der Waals surface area (Å²) in [7, 11) is 5.55. The van der Waals surface area contributed by atoms with Gasteiger partial charge in [-0.25, -0.2) is 0 Å². The minimum Gasteiger partial charge on any atom is -0.0859 e. The predicted molar refractivity (Wildman–Crippen MR) is 54.6 cm³/mol. The average Bonchev–Trinajstić information content (AvgIpc) is 2.09. The molecule has 0 fully saturated rings. The van der Waals surface area contributed by atoms with E-state index in [2.05, 4.69) is 38.1 Å². The molecule has 12 heavy (non-hydrogen) atoms. The highest BCUT2D eigenvalue weighted by molar-refractivity contribution is 6.08. The summed E-state index contributed by atoms with van der Waals surface area (Å²) >= 11 is 0. The van der Waals surface area contributed by atoms with Crippen molar-refractivity contribution in [2.75, 3.05) is 0 Å².